The molecule has 0 saturated carbocycles. The van der Waals surface area contributed by atoms with Gasteiger partial charge in [-0.15, -0.1) is 0 Å². The van der Waals surface area contributed by atoms with E-state index in [2.05, 4.69) is 20.9 Å². The van der Waals surface area contributed by atoms with E-state index in [-0.39, 0.29) is 6.04 Å². The minimum absolute atomic E-state index is 0.0223. The van der Waals surface area contributed by atoms with Crippen molar-refractivity contribution in [3.05, 3.63) is 62.5 Å². The minimum atomic E-state index is 0.0223. The largest absolute Gasteiger partial charge is 0.369 e. The van der Waals surface area contributed by atoms with Crippen LogP contribution in [-0.4, -0.2) is 12.5 Å². The van der Waals surface area contributed by atoms with Gasteiger partial charge in [0.2, 0.25) is 0 Å². The van der Waals surface area contributed by atoms with Crippen LogP contribution in [0, 0.1) is 0 Å². The predicted octanol–water partition coefficient (Wildman–Crippen LogP) is 4.63. The first-order chi connectivity index (χ1) is 10.1. The summed E-state index contributed by atoms with van der Waals surface area (Å²) in [7, 11) is 0. The monoisotopic (exact) mass is 383 g/mol. The highest BCUT2D eigenvalue weighted by Gasteiger charge is 2.29. The van der Waals surface area contributed by atoms with E-state index in [0.717, 1.165) is 15.7 Å². The molecule has 1 aliphatic rings. The highest BCUT2D eigenvalue weighted by atomic mass is 79.9. The summed E-state index contributed by atoms with van der Waals surface area (Å²) in [5.41, 5.74) is 8.03. The van der Waals surface area contributed by atoms with E-state index < -0.39 is 0 Å². The number of nitrogens with two attached hydrogens (primary N) is 1. The van der Waals surface area contributed by atoms with Crippen molar-refractivity contribution in [1.29, 1.82) is 0 Å². The second-order valence-corrected chi connectivity index (χ2v) is 6.44. The van der Waals surface area contributed by atoms with E-state index in [1.807, 2.05) is 47.4 Å². The van der Waals surface area contributed by atoms with Crippen LogP contribution in [0.25, 0.3) is 0 Å². The molecule has 0 amide bonds. The molecule has 2 aromatic rings. The SMILES string of the molecule is NC1=NCC(c2ccc(Br)c(Cl)c2)N1c1cccc(Cl)c1. The lowest BCUT2D eigenvalue weighted by molar-refractivity contribution is 0.768. The molecule has 6 heteroatoms. The van der Waals surface area contributed by atoms with Crippen molar-refractivity contribution >= 4 is 50.8 Å². The second-order valence-electron chi connectivity index (χ2n) is 4.74. The van der Waals surface area contributed by atoms with Crippen LogP contribution in [0.1, 0.15) is 11.6 Å². The number of rotatable bonds is 2. The minimum Gasteiger partial charge on any atom is -0.369 e. The zero-order chi connectivity index (χ0) is 15.0. The number of guanidine groups is 1. The predicted molar refractivity (Wildman–Crippen MR) is 92.3 cm³/mol. The Hall–Kier alpha value is -1.23. The molecule has 3 nitrogen and oxygen atoms in total. The summed E-state index contributed by atoms with van der Waals surface area (Å²) in [6.07, 6.45) is 0. The summed E-state index contributed by atoms with van der Waals surface area (Å²) in [5, 5.41) is 1.34. The Balaban J connectivity index is 2.00. The summed E-state index contributed by atoms with van der Waals surface area (Å²) in [6, 6.07) is 13.5. The highest BCUT2D eigenvalue weighted by Crippen LogP contribution is 2.34. The number of anilines is 1. The molecule has 108 valence electrons. The Morgan fingerprint density at radius 2 is 2.00 bits per heavy atom. The van der Waals surface area contributed by atoms with Gasteiger partial charge in [0, 0.05) is 15.2 Å². The van der Waals surface area contributed by atoms with Crippen molar-refractivity contribution in [1.82, 2.24) is 0 Å². The van der Waals surface area contributed by atoms with Gasteiger partial charge in [0.05, 0.1) is 17.6 Å². The number of aliphatic imine (C=N–C) groups is 1. The van der Waals surface area contributed by atoms with Gasteiger partial charge in [0.1, 0.15) is 0 Å². The van der Waals surface area contributed by atoms with E-state index in [1.54, 1.807) is 0 Å². The number of benzene rings is 2. The average molecular weight is 385 g/mol. The molecule has 0 radical (unpaired) electrons. The van der Waals surface area contributed by atoms with Gasteiger partial charge in [0.15, 0.2) is 5.96 Å². The van der Waals surface area contributed by atoms with E-state index in [1.165, 1.54) is 0 Å². The van der Waals surface area contributed by atoms with Crippen molar-refractivity contribution in [2.24, 2.45) is 10.7 Å². The summed E-state index contributed by atoms with van der Waals surface area (Å²) in [6.45, 7) is 0.594. The Kier molecular flexibility index (Phi) is 4.11. The summed E-state index contributed by atoms with van der Waals surface area (Å²) in [4.78, 5) is 6.33. The van der Waals surface area contributed by atoms with Crippen LogP contribution in [0.2, 0.25) is 10.0 Å². The molecule has 2 N–H and O–H groups in total. The molecule has 0 saturated heterocycles. The van der Waals surface area contributed by atoms with Gasteiger partial charge in [-0.3, -0.25) is 4.99 Å². The summed E-state index contributed by atoms with van der Waals surface area (Å²) >= 11 is 15.7. The van der Waals surface area contributed by atoms with Gasteiger partial charge in [-0.2, -0.15) is 0 Å². The molecule has 1 heterocycles. The van der Waals surface area contributed by atoms with Crippen LogP contribution in [0.15, 0.2) is 51.9 Å². The van der Waals surface area contributed by atoms with Crippen LogP contribution < -0.4 is 10.6 Å². The lowest BCUT2D eigenvalue weighted by atomic mass is 10.1. The third-order valence-electron chi connectivity index (χ3n) is 3.40. The summed E-state index contributed by atoms with van der Waals surface area (Å²) < 4.78 is 0.870. The lowest BCUT2D eigenvalue weighted by Gasteiger charge is -2.27. The Morgan fingerprint density at radius 1 is 1.19 bits per heavy atom. The van der Waals surface area contributed by atoms with E-state index in [4.69, 9.17) is 28.9 Å². The second kappa shape index (κ2) is 5.87. The number of hydrogen-bond donors (Lipinski definition) is 1. The molecule has 1 aliphatic heterocycles. The standard InChI is InChI=1S/C15H12BrCl2N3/c16-12-5-4-9(6-13(12)18)14-8-20-15(19)21(14)11-3-1-2-10(17)7-11/h1-7,14H,8H2,(H2,19,20). The third kappa shape index (κ3) is 2.89. The molecule has 1 atom stereocenters. The summed E-state index contributed by atoms with van der Waals surface area (Å²) in [5.74, 6) is 0.487. The van der Waals surface area contributed by atoms with Crippen molar-refractivity contribution in [3.8, 4) is 0 Å². The van der Waals surface area contributed by atoms with E-state index in [0.29, 0.717) is 22.5 Å². The zero-order valence-electron chi connectivity index (χ0n) is 10.9. The fraction of sp³-hybridized carbons (Fsp3) is 0.133. The van der Waals surface area contributed by atoms with E-state index in [9.17, 15) is 0 Å². The molecule has 0 aliphatic carbocycles. The van der Waals surface area contributed by atoms with Gasteiger partial charge in [-0.1, -0.05) is 35.3 Å². The van der Waals surface area contributed by atoms with Gasteiger partial charge < -0.3 is 10.6 Å². The van der Waals surface area contributed by atoms with Gasteiger partial charge >= 0.3 is 0 Å². The number of halogens is 3. The third-order valence-corrected chi connectivity index (χ3v) is 4.87. The maximum absolute atomic E-state index is 6.19. The first-order valence-electron chi connectivity index (χ1n) is 6.36. The quantitative estimate of drug-likeness (QED) is 0.819. The molecule has 1 unspecified atom stereocenters. The first-order valence-corrected chi connectivity index (χ1v) is 7.91. The van der Waals surface area contributed by atoms with Crippen LogP contribution in [0.5, 0.6) is 0 Å². The normalized spacial score (nSPS) is 18.0. The van der Waals surface area contributed by atoms with Crippen molar-refractivity contribution < 1.29 is 0 Å². The zero-order valence-corrected chi connectivity index (χ0v) is 14.0. The van der Waals surface area contributed by atoms with Crippen LogP contribution >= 0.6 is 39.1 Å². The molecular weight excluding hydrogens is 373 g/mol. The molecule has 21 heavy (non-hydrogen) atoms. The Bertz CT molecular complexity index is 718. The smallest absolute Gasteiger partial charge is 0.196 e. The molecular formula is C15H12BrCl2N3. The van der Waals surface area contributed by atoms with Crippen molar-refractivity contribution in [3.63, 3.8) is 0 Å². The molecule has 0 aromatic heterocycles. The van der Waals surface area contributed by atoms with E-state index >= 15 is 0 Å². The van der Waals surface area contributed by atoms with Crippen molar-refractivity contribution in [2.75, 3.05) is 11.4 Å². The Morgan fingerprint density at radius 3 is 2.71 bits per heavy atom. The Labute approximate surface area is 141 Å². The van der Waals surface area contributed by atoms with Gasteiger partial charge in [-0.25, -0.2) is 0 Å². The fourth-order valence-corrected chi connectivity index (χ4v) is 3.03. The molecule has 2 aromatic carbocycles. The fourth-order valence-electron chi connectivity index (χ4n) is 2.41. The molecule has 0 fully saturated rings. The van der Waals surface area contributed by atoms with Crippen molar-refractivity contribution in [2.45, 2.75) is 6.04 Å². The van der Waals surface area contributed by atoms with Gasteiger partial charge in [-0.05, 0) is 51.8 Å². The maximum Gasteiger partial charge on any atom is 0.196 e. The topological polar surface area (TPSA) is 41.6 Å². The molecule has 0 spiro atoms. The maximum atomic E-state index is 6.19. The van der Waals surface area contributed by atoms with Crippen LogP contribution in [0.3, 0.4) is 0 Å². The molecule has 3 rings (SSSR count). The highest BCUT2D eigenvalue weighted by molar-refractivity contribution is 9.10. The number of nitrogens with zero attached hydrogens (tertiary/aromatic N) is 2. The lowest BCUT2D eigenvalue weighted by Crippen LogP contribution is -2.36. The first kappa shape index (κ1) is 14.7. The van der Waals surface area contributed by atoms with Crippen LogP contribution in [-0.2, 0) is 0 Å². The van der Waals surface area contributed by atoms with Crippen LogP contribution in [0.4, 0.5) is 5.69 Å². The average Bonchev–Trinajstić information content (AvgIpc) is 2.84. The molecule has 0 bridgehead atoms. The van der Waals surface area contributed by atoms with Gasteiger partial charge in [0.25, 0.3) is 0 Å². The number of hydrogen-bond acceptors (Lipinski definition) is 3.